The van der Waals surface area contributed by atoms with Crippen molar-refractivity contribution in [2.75, 3.05) is 27.3 Å². The number of hydrogen-bond donors (Lipinski definition) is 0. The zero-order chi connectivity index (χ0) is 24.8. The molecule has 0 spiro atoms. The second-order valence-corrected chi connectivity index (χ2v) is 8.85. The van der Waals surface area contributed by atoms with Gasteiger partial charge in [0.1, 0.15) is 0 Å². The van der Waals surface area contributed by atoms with E-state index in [-0.39, 0.29) is 23.5 Å². The van der Waals surface area contributed by atoms with Crippen molar-refractivity contribution in [1.82, 2.24) is 15.0 Å². The van der Waals surface area contributed by atoms with Gasteiger partial charge in [-0.1, -0.05) is 42.4 Å². The van der Waals surface area contributed by atoms with Crippen LogP contribution in [0.15, 0.2) is 53.1 Å². The molecule has 1 atom stereocenters. The number of hydrogen-bond acceptors (Lipinski definition) is 7. The minimum Gasteiger partial charge on any atom is -0.493 e. The van der Waals surface area contributed by atoms with Gasteiger partial charge in [0.25, 0.3) is 0 Å². The van der Waals surface area contributed by atoms with Crippen LogP contribution in [0.5, 0.6) is 11.5 Å². The Morgan fingerprint density at radius 2 is 1.77 bits per heavy atom. The first-order valence-corrected chi connectivity index (χ1v) is 11.9. The summed E-state index contributed by atoms with van der Waals surface area (Å²) >= 11 is 0. The van der Waals surface area contributed by atoms with Gasteiger partial charge in [0.2, 0.25) is 17.6 Å². The number of piperidine rings is 1. The van der Waals surface area contributed by atoms with Crippen LogP contribution in [0.3, 0.4) is 0 Å². The molecule has 3 aromatic rings. The fraction of sp³-hybridized carbons (Fsp3) is 0.407. The number of aromatic nitrogens is 2. The molecule has 2 heterocycles. The Morgan fingerprint density at radius 3 is 2.46 bits per heavy atom. The van der Waals surface area contributed by atoms with Gasteiger partial charge in [-0.15, -0.1) is 0 Å². The van der Waals surface area contributed by atoms with Crippen molar-refractivity contribution in [1.29, 1.82) is 0 Å². The van der Waals surface area contributed by atoms with Crippen LogP contribution in [-0.4, -0.2) is 54.0 Å². The van der Waals surface area contributed by atoms with Gasteiger partial charge in [-0.2, -0.15) is 4.98 Å². The van der Waals surface area contributed by atoms with E-state index in [4.69, 9.17) is 14.0 Å². The zero-order valence-electron chi connectivity index (χ0n) is 20.4. The number of amides is 1. The lowest BCUT2D eigenvalue weighted by atomic mass is 9.94. The van der Waals surface area contributed by atoms with E-state index < -0.39 is 0 Å². The van der Waals surface area contributed by atoms with Crippen molar-refractivity contribution in [2.24, 2.45) is 5.92 Å². The predicted molar refractivity (Wildman–Crippen MR) is 131 cm³/mol. The van der Waals surface area contributed by atoms with Crippen molar-refractivity contribution in [2.45, 2.75) is 38.5 Å². The summed E-state index contributed by atoms with van der Waals surface area (Å²) in [7, 11) is 3.17. The molecule has 184 valence electrons. The number of ketones is 1. The van der Waals surface area contributed by atoms with Gasteiger partial charge >= 0.3 is 0 Å². The molecule has 1 fully saturated rings. The Kier molecular flexibility index (Phi) is 7.80. The van der Waals surface area contributed by atoms with Crippen molar-refractivity contribution in [3.8, 4) is 22.9 Å². The Labute approximate surface area is 205 Å². The first kappa shape index (κ1) is 24.4. The molecule has 35 heavy (non-hydrogen) atoms. The van der Waals surface area contributed by atoms with E-state index >= 15 is 0 Å². The van der Waals surface area contributed by atoms with E-state index in [0.717, 1.165) is 18.4 Å². The van der Waals surface area contributed by atoms with Crippen LogP contribution in [0.4, 0.5) is 0 Å². The molecule has 8 nitrogen and oxygen atoms in total. The van der Waals surface area contributed by atoms with Crippen LogP contribution in [0.1, 0.15) is 54.8 Å². The normalized spacial score (nSPS) is 15.0. The summed E-state index contributed by atoms with van der Waals surface area (Å²) in [6.07, 6.45) is 2.43. The summed E-state index contributed by atoms with van der Waals surface area (Å²) in [6, 6.07) is 14.7. The topological polar surface area (TPSA) is 94.8 Å². The summed E-state index contributed by atoms with van der Waals surface area (Å²) in [6.45, 7) is 3.17. The molecule has 0 radical (unpaired) electrons. The Bertz CT molecular complexity index is 1150. The third-order valence-corrected chi connectivity index (χ3v) is 6.56. The van der Waals surface area contributed by atoms with Crippen LogP contribution in [0, 0.1) is 5.92 Å². The van der Waals surface area contributed by atoms with E-state index in [1.807, 2.05) is 60.4 Å². The Morgan fingerprint density at radius 1 is 1.06 bits per heavy atom. The summed E-state index contributed by atoms with van der Waals surface area (Å²) in [5, 5.41) is 4.15. The molecule has 1 aliphatic heterocycles. The van der Waals surface area contributed by atoms with Gasteiger partial charge in [0, 0.05) is 42.5 Å². The van der Waals surface area contributed by atoms with E-state index in [9.17, 15) is 9.59 Å². The molecule has 1 aliphatic rings. The van der Waals surface area contributed by atoms with Crippen LogP contribution >= 0.6 is 0 Å². The van der Waals surface area contributed by atoms with Crippen LogP contribution in [0.2, 0.25) is 0 Å². The maximum absolute atomic E-state index is 12.9. The Hall–Kier alpha value is -3.68. The third-order valence-electron chi connectivity index (χ3n) is 6.56. The molecule has 0 N–H and O–H groups in total. The van der Waals surface area contributed by atoms with Crippen molar-refractivity contribution in [3.05, 3.63) is 60.0 Å². The minimum absolute atomic E-state index is 0.0747. The average Bonchev–Trinajstić information content (AvgIpc) is 3.41. The number of likely N-dealkylation sites (tertiary alicyclic amines) is 1. The first-order valence-electron chi connectivity index (χ1n) is 11.9. The quantitative estimate of drug-likeness (QED) is 0.410. The van der Waals surface area contributed by atoms with Crippen LogP contribution in [0.25, 0.3) is 11.4 Å². The minimum atomic E-state index is -0.195. The molecular formula is C27H31N3O5. The number of rotatable bonds is 9. The summed E-state index contributed by atoms with van der Waals surface area (Å²) in [4.78, 5) is 31.8. The van der Waals surface area contributed by atoms with Gasteiger partial charge in [-0.05, 0) is 37.5 Å². The van der Waals surface area contributed by atoms with Crippen molar-refractivity contribution >= 4 is 11.7 Å². The van der Waals surface area contributed by atoms with Crippen molar-refractivity contribution in [3.63, 3.8) is 0 Å². The number of ether oxygens (including phenoxy) is 2. The fourth-order valence-electron chi connectivity index (χ4n) is 4.39. The number of methoxy groups -OCH3 is 2. The molecule has 0 unspecified atom stereocenters. The zero-order valence-corrected chi connectivity index (χ0v) is 20.4. The molecule has 0 bridgehead atoms. The molecule has 1 aromatic heterocycles. The van der Waals surface area contributed by atoms with Crippen LogP contribution in [-0.2, 0) is 4.79 Å². The third kappa shape index (κ3) is 5.70. The monoisotopic (exact) mass is 477 g/mol. The van der Waals surface area contributed by atoms with Gasteiger partial charge in [-0.3, -0.25) is 9.59 Å². The maximum atomic E-state index is 12.9. The molecule has 2 aromatic carbocycles. The average molecular weight is 478 g/mol. The lowest BCUT2D eigenvalue weighted by molar-refractivity contribution is -0.136. The van der Waals surface area contributed by atoms with Gasteiger partial charge in [0.15, 0.2) is 17.3 Å². The van der Waals surface area contributed by atoms with Gasteiger partial charge < -0.3 is 18.9 Å². The highest BCUT2D eigenvalue weighted by atomic mass is 16.5. The lowest BCUT2D eigenvalue weighted by Crippen LogP contribution is -2.40. The second kappa shape index (κ2) is 11.2. The summed E-state index contributed by atoms with van der Waals surface area (Å²) in [5.74, 6) is 2.40. The van der Waals surface area contributed by atoms with E-state index in [1.165, 1.54) is 0 Å². The first-order chi connectivity index (χ1) is 17.0. The van der Waals surface area contributed by atoms with Gasteiger partial charge in [-0.25, -0.2) is 0 Å². The molecule has 4 rings (SSSR count). The molecule has 1 amide bonds. The highest BCUT2D eigenvalue weighted by molar-refractivity contribution is 5.96. The highest BCUT2D eigenvalue weighted by Crippen LogP contribution is 2.33. The summed E-state index contributed by atoms with van der Waals surface area (Å²) in [5.41, 5.74) is 1.48. The standard InChI is InChI=1S/C27H31N3O5/c1-18(9-11-22(31)19-7-5-4-6-8-19)27(32)30-15-13-20(14-16-30)26-28-25(29-35-26)21-10-12-23(33-2)24(17-21)34-3/h4-8,10,12,17-18,20H,9,11,13-16H2,1-3H3/t18-/m0/s1. The number of carbonyl (C=O) groups is 2. The van der Waals surface area contributed by atoms with E-state index in [1.54, 1.807) is 14.2 Å². The molecule has 8 heteroatoms. The smallest absolute Gasteiger partial charge is 0.230 e. The van der Waals surface area contributed by atoms with E-state index in [2.05, 4.69) is 10.1 Å². The largest absolute Gasteiger partial charge is 0.493 e. The van der Waals surface area contributed by atoms with Gasteiger partial charge in [0.05, 0.1) is 14.2 Å². The van der Waals surface area contributed by atoms with Crippen LogP contribution < -0.4 is 9.47 Å². The maximum Gasteiger partial charge on any atom is 0.230 e. The number of nitrogens with zero attached hydrogens (tertiary/aromatic N) is 3. The predicted octanol–water partition coefficient (Wildman–Crippen LogP) is 4.76. The highest BCUT2D eigenvalue weighted by Gasteiger charge is 2.30. The number of carbonyl (C=O) groups excluding carboxylic acids is 2. The Balaban J connectivity index is 1.30. The van der Waals surface area contributed by atoms with Crippen molar-refractivity contribution < 1.29 is 23.6 Å². The second-order valence-electron chi connectivity index (χ2n) is 8.85. The number of Topliss-reactive ketones (excluding diaryl/α,β-unsaturated/α-hetero) is 1. The number of benzene rings is 2. The SMILES string of the molecule is COc1ccc(-c2noc(C3CCN(C(=O)[C@@H](C)CCC(=O)c4ccccc4)CC3)n2)cc1OC. The molecular weight excluding hydrogens is 446 g/mol. The molecule has 1 saturated heterocycles. The lowest BCUT2D eigenvalue weighted by Gasteiger charge is -2.32. The molecule has 0 aliphatic carbocycles. The molecule has 0 saturated carbocycles. The fourth-order valence-corrected chi connectivity index (χ4v) is 4.39. The summed E-state index contributed by atoms with van der Waals surface area (Å²) < 4.78 is 16.2. The van der Waals surface area contributed by atoms with E-state index in [0.29, 0.717) is 54.7 Å².